The largest absolute Gasteiger partial charge is 0.275 e. The van der Waals surface area contributed by atoms with Crippen LogP contribution in [0.3, 0.4) is 0 Å². The number of amides is 1. The van der Waals surface area contributed by atoms with Crippen LogP contribution in [-0.2, 0) is 10.0 Å². The summed E-state index contributed by atoms with van der Waals surface area (Å²) < 4.78 is 27.0. The number of carbonyl (C=O) groups is 2. The Kier molecular flexibility index (Phi) is 5.61. The molecule has 1 amide bonds. The van der Waals surface area contributed by atoms with Crippen LogP contribution in [0, 0.1) is 13.3 Å². The number of sulfonamides is 1. The summed E-state index contributed by atoms with van der Waals surface area (Å²) in [6, 6.07) is 21.2. The lowest BCUT2D eigenvalue weighted by atomic mass is 9.98. The maximum absolute atomic E-state index is 12.6. The van der Waals surface area contributed by atoms with E-state index in [1.807, 2.05) is 17.7 Å². The van der Waals surface area contributed by atoms with Crippen LogP contribution in [0.1, 0.15) is 31.8 Å². The molecule has 0 aliphatic rings. The van der Waals surface area contributed by atoms with Gasteiger partial charge in [-0.2, -0.15) is 0 Å². The van der Waals surface area contributed by atoms with E-state index in [1.54, 1.807) is 48.5 Å². The molecule has 6 heteroatoms. The van der Waals surface area contributed by atoms with Crippen LogP contribution in [0.25, 0.3) is 0 Å². The van der Waals surface area contributed by atoms with Crippen molar-refractivity contribution in [2.45, 2.75) is 11.8 Å². The number of nitrogens with one attached hydrogen (secondary N) is 1. The summed E-state index contributed by atoms with van der Waals surface area (Å²) in [5, 5.41) is 0. The number of hydrogen-bond donors (Lipinski definition) is 1. The molecule has 0 saturated carbocycles. The molecule has 0 heterocycles. The summed E-state index contributed by atoms with van der Waals surface area (Å²) in [5.41, 5.74) is 1.71. The third-order valence-corrected chi connectivity index (χ3v) is 5.44. The fourth-order valence-electron chi connectivity index (χ4n) is 2.63. The van der Waals surface area contributed by atoms with E-state index >= 15 is 0 Å². The average molecular weight is 392 g/mol. The molecule has 0 radical (unpaired) electrons. The van der Waals surface area contributed by atoms with Gasteiger partial charge in [0.25, 0.3) is 21.7 Å². The molecule has 0 saturated heterocycles. The van der Waals surface area contributed by atoms with Crippen LogP contribution >= 0.6 is 0 Å². The molecule has 0 fully saturated rings. The summed E-state index contributed by atoms with van der Waals surface area (Å²) in [7, 11) is -4.05. The molecule has 0 unspecified atom stereocenters. The van der Waals surface area contributed by atoms with Crippen molar-refractivity contribution in [3.8, 4) is 0 Å². The van der Waals surface area contributed by atoms with Crippen LogP contribution in [-0.4, -0.2) is 20.1 Å². The molecular formula is C22H18NO4S+. The van der Waals surface area contributed by atoms with Gasteiger partial charge in [-0.25, -0.2) is 13.1 Å². The molecule has 28 heavy (non-hydrogen) atoms. The second-order valence-corrected chi connectivity index (χ2v) is 7.89. The zero-order valence-electron chi connectivity index (χ0n) is 15.1. The number of ketones is 1. The Hall–Kier alpha value is -3.38. The predicted molar refractivity (Wildman–Crippen MR) is 106 cm³/mol. The molecule has 5 nitrogen and oxygen atoms in total. The van der Waals surface area contributed by atoms with E-state index in [9.17, 15) is 18.0 Å². The number of aryl methyl sites for hydroxylation is 1. The molecule has 3 aromatic rings. The van der Waals surface area contributed by atoms with Gasteiger partial charge in [0.05, 0.1) is 22.4 Å². The molecule has 3 aromatic carbocycles. The first-order chi connectivity index (χ1) is 13.4. The lowest BCUT2D eigenvalue weighted by Crippen LogP contribution is -2.31. The highest BCUT2D eigenvalue weighted by Gasteiger charge is 2.25. The van der Waals surface area contributed by atoms with E-state index in [0.29, 0.717) is 5.56 Å². The maximum Gasteiger partial charge on any atom is 0.275 e. The van der Waals surface area contributed by atoms with Gasteiger partial charge in [-0.05, 0) is 49.4 Å². The first kappa shape index (κ1) is 19.4. The smallest absolute Gasteiger partial charge is 0.267 e. The Morgan fingerprint density at radius 1 is 0.786 bits per heavy atom. The number of carbonyl (C=O) groups excluding carboxylic acids is 2. The summed E-state index contributed by atoms with van der Waals surface area (Å²) in [6.07, 6.45) is 1.40. The average Bonchev–Trinajstić information content (AvgIpc) is 2.68. The van der Waals surface area contributed by atoms with Gasteiger partial charge >= 0.3 is 0 Å². The van der Waals surface area contributed by atoms with Crippen LogP contribution < -0.4 is 4.72 Å². The first-order valence-electron chi connectivity index (χ1n) is 8.54. The molecule has 140 valence electrons. The molecule has 3 rings (SSSR count). The highest BCUT2D eigenvalue weighted by molar-refractivity contribution is 7.90. The Balaban J connectivity index is 1.84. The van der Waals surface area contributed by atoms with E-state index in [-0.39, 0.29) is 21.8 Å². The van der Waals surface area contributed by atoms with Crippen LogP contribution in [0.2, 0.25) is 0 Å². The third-order valence-electron chi connectivity index (χ3n) is 4.09. The number of Topliss-reactive ketones (excluding diaryl/α,β-unsaturated/α-hetero) is 1. The van der Waals surface area contributed by atoms with Crippen molar-refractivity contribution in [3.05, 3.63) is 108 Å². The van der Waals surface area contributed by atoms with Gasteiger partial charge in [0.1, 0.15) is 5.56 Å². The van der Waals surface area contributed by atoms with Gasteiger partial charge in [0.15, 0.2) is 0 Å². The van der Waals surface area contributed by atoms with Gasteiger partial charge < -0.3 is 0 Å². The Bertz CT molecular complexity index is 1100. The summed E-state index contributed by atoms with van der Waals surface area (Å²) in [6.45, 7) is 1.83. The predicted octanol–water partition coefficient (Wildman–Crippen LogP) is 3.55. The highest BCUT2D eigenvalue weighted by Crippen LogP contribution is 2.16. The van der Waals surface area contributed by atoms with Crippen LogP contribution in [0.15, 0.2) is 83.8 Å². The minimum absolute atomic E-state index is 0.00429. The van der Waals surface area contributed by atoms with E-state index in [0.717, 1.165) is 5.56 Å². The summed E-state index contributed by atoms with van der Waals surface area (Å²) >= 11 is 0. The van der Waals surface area contributed by atoms with E-state index in [2.05, 4.69) is 0 Å². The lowest BCUT2D eigenvalue weighted by molar-refractivity contribution is 0.0964. The first-order valence-corrected chi connectivity index (χ1v) is 10.0. The molecule has 0 aliphatic carbocycles. The van der Waals surface area contributed by atoms with E-state index in [1.165, 1.54) is 30.7 Å². The van der Waals surface area contributed by atoms with Gasteiger partial charge in [0.2, 0.25) is 0 Å². The third kappa shape index (κ3) is 4.47. The second-order valence-electron chi connectivity index (χ2n) is 6.21. The van der Waals surface area contributed by atoms with Gasteiger partial charge in [0, 0.05) is 12.1 Å². The second kappa shape index (κ2) is 8.10. The molecule has 0 aliphatic heterocycles. The van der Waals surface area contributed by atoms with Gasteiger partial charge in [-0.1, -0.05) is 29.8 Å². The number of benzene rings is 3. The SMILES string of the molecule is Cc1ccc(S(=O)(=O)NC(=O)c2ccccc2C(=O)[CH+]c2ccccc2)cc1. The number of rotatable bonds is 6. The topological polar surface area (TPSA) is 80.3 Å². The Morgan fingerprint density at radius 3 is 2.00 bits per heavy atom. The van der Waals surface area contributed by atoms with Crippen LogP contribution in [0.5, 0.6) is 0 Å². The van der Waals surface area contributed by atoms with Crippen molar-refractivity contribution in [1.29, 1.82) is 0 Å². The minimum Gasteiger partial charge on any atom is -0.267 e. The fraction of sp³-hybridized carbons (Fsp3) is 0.0455. The molecule has 0 aromatic heterocycles. The fourth-order valence-corrected chi connectivity index (χ4v) is 3.59. The Labute approximate surface area is 164 Å². The van der Waals surface area contributed by atoms with E-state index in [4.69, 9.17) is 0 Å². The molecule has 0 atom stereocenters. The zero-order chi connectivity index (χ0) is 20.1. The van der Waals surface area contributed by atoms with Crippen molar-refractivity contribution < 1.29 is 18.0 Å². The summed E-state index contributed by atoms with van der Waals surface area (Å²) in [5.74, 6) is -1.24. The molecular weight excluding hydrogens is 374 g/mol. The maximum atomic E-state index is 12.6. The quantitative estimate of drug-likeness (QED) is 0.514. The standard InChI is InChI=1S/C22H17NO4S/c1-16-11-13-18(14-12-16)28(26,27)23-22(25)20-10-6-5-9-19(20)21(24)15-17-7-3-2-4-8-17/h2-15H,1H3/p+1. The summed E-state index contributed by atoms with van der Waals surface area (Å²) in [4.78, 5) is 25.2. The number of hydrogen-bond acceptors (Lipinski definition) is 4. The van der Waals surface area contributed by atoms with E-state index < -0.39 is 15.9 Å². The van der Waals surface area contributed by atoms with Crippen molar-refractivity contribution in [2.24, 2.45) is 0 Å². The normalized spacial score (nSPS) is 10.9. The van der Waals surface area contributed by atoms with Gasteiger partial charge in [-0.3, -0.25) is 9.59 Å². The van der Waals surface area contributed by atoms with Gasteiger partial charge in [-0.15, -0.1) is 0 Å². The molecule has 1 N–H and O–H groups in total. The Morgan fingerprint density at radius 2 is 1.36 bits per heavy atom. The zero-order valence-corrected chi connectivity index (χ0v) is 15.9. The van der Waals surface area contributed by atoms with Crippen LogP contribution in [0.4, 0.5) is 0 Å². The van der Waals surface area contributed by atoms with Crippen molar-refractivity contribution in [3.63, 3.8) is 0 Å². The molecule has 0 spiro atoms. The highest BCUT2D eigenvalue weighted by atomic mass is 32.2. The van der Waals surface area contributed by atoms with Crippen molar-refractivity contribution in [2.75, 3.05) is 0 Å². The minimum atomic E-state index is -4.05. The molecule has 0 bridgehead atoms. The lowest BCUT2D eigenvalue weighted by Gasteiger charge is -2.08. The van der Waals surface area contributed by atoms with Crippen molar-refractivity contribution in [1.82, 2.24) is 4.72 Å². The van der Waals surface area contributed by atoms with Crippen molar-refractivity contribution >= 4 is 21.7 Å². The monoisotopic (exact) mass is 392 g/mol.